The Labute approximate surface area is 192 Å². The molecule has 164 valence electrons. The number of anilines is 1. The molecule has 2 aromatic heterocycles. The van der Waals surface area contributed by atoms with E-state index < -0.39 is 0 Å². The quantitative estimate of drug-likeness (QED) is 0.359. The number of thioether (sulfide) groups is 1. The molecule has 0 atom stereocenters. The molecular formula is C22H20FN5O2S2. The topological polar surface area (TPSA) is 81.9 Å². The lowest BCUT2D eigenvalue weighted by atomic mass is 10.2. The number of fused-ring (bicyclic) bond motifs is 1. The zero-order chi connectivity index (χ0) is 22.1. The summed E-state index contributed by atoms with van der Waals surface area (Å²) < 4.78 is 22.7. The molecule has 1 fully saturated rings. The number of amides is 1. The van der Waals surface area contributed by atoms with Gasteiger partial charge in [-0.1, -0.05) is 35.2 Å². The fourth-order valence-electron chi connectivity index (χ4n) is 3.36. The first kappa shape index (κ1) is 20.9. The summed E-state index contributed by atoms with van der Waals surface area (Å²) in [7, 11) is 0. The van der Waals surface area contributed by atoms with Crippen LogP contribution in [0, 0.1) is 5.82 Å². The molecule has 0 radical (unpaired) electrons. The van der Waals surface area contributed by atoms with Crippen LogP contribution in [-0.4, -0.2) is 38.0 Å². The number of carbonyl (C=O) groups excluding carboxylic acids is 1. The number of aromatic nitrogens is 4. The molecule has 1 N–H and O–H groups in total. The van der Waals surface area contributed by atoms with Gasteiger partial charge in [0.25, 0.3) is 0 Å². The van der Waals surface area contributed by atoms with Crippen LogP contribution in [0.2, 0.25) is 0 Å². The third kappa shape index (κ3) is 4.33. The number of nitrogens with zero attached hydrogens (tertiary/aromatic N) is 4. The van der Waals surface area contributed by atoms with E-state index in [1.54, 1.807) is 18.2 Å². The second kappa shape index (κ2) is 8.87. The summed E-state index contributed by atoms with van der Waals surface area (Å²) in [6.07, 6.45) is 1.99. The van der Waals surface area contributed by atoms with Crippen LogP contribution in [0.1, 0.15) is 25.8 Å². The first-order chi connectivity index (χ1) is 15.6. The average Bonchev–Trinajstić information content (AvgIpc) is 3.41. The molecule has 1 aliphatic rings. The molecule has 0 aliphatic heterocycles. The monoisotopic (exact) mass is 469 g/mol. The number of hydrogen-bond acceptors (Lipinski definition) is 7. The lowest BCUT2D eigenvalue weighted by Crippen LogP contribution is -2.14. The number of halogens is 1. The second-order valence-corrected chi connectivity index (χ2v) is 9.28. The summed E-state index contributed by atoms with van der Waals surface area (Å²) in [5.74, 6) is 0.922. The first-order valence-corrected chi connectivity index (χ1v) is 12.1. The Kier molecular flexibility index (Phi) is 5.79. The molecule has 1 saturated carbocycles. The fraction of sp³-hybridized carbons (Fsp3) is 0.273. The van der Waals surface area contributed by atoms with Gasteiger partial charge in [-0.2, -0.15) is 0 Å². The highest BCUT2D eigenvalue weighted by Crippen LogP contribution is 2.41. The van der Waals surface area contributed by atoms with Gasteiger partial charge in [-0.3, -0.25) is 9.36 Å². The van der Waals surface area contributed by atoms with Crippen LogP contribution in [0.25, 0.3) is 21.6 Å². The number of rotatable bonds is 8. The number of ether oxygens (including phenoxy) is 1. The van der Waals surface area contributed by atoms with Gasteiger partial charge >= 0.3 is 0 Å². The van der Waals surface area contributed by atoms with E-state index in [1.807, 2.05) is 29.7 Å². The maximum absolute atomic E-state index is 14.3. The number of nitrogens with one attached hydrogen (secondary N) is 1. The van der Waals surface area contributed by atoms with Crippen molar-refractivity contribution >= 4 is 44.4 Å². The van der Waals surface area contributed by atoms with Gasteiger partial charge in [-0.05, 0) is 50.1 Å². The minimum atomic E-state index is -0.334. The van der Waals surface area contributed by atoms with Gasteiger partial charge in [0.1, 0.15) is 11.6 Å². The summed E-state index contributed by atoms with van der Waals surface area (Å²) >= 11 is 2.69. The van der Waals surface area contributed by atoms with Gasteiger partial charge in [0.15, 0.2) is 16.1 Å². The van der Waals surface area contributed by atoms with Crippen molar-refractivity contribution in [1.82, 2.24) is 19.7 Å². The molecule has 2 aromatic carbocycles. The van der Waals surface area contributed by atoms with Crippen molar-refractivity contribution in [2.45, 2.75) is 31.0 Å². The van der Waals surface area contributed by atoms with Crippen LogP contribution in [0.5, 0.6) is 5.75 Å². The fourth-order valence-corrected chi connectivity index (χ4v) is 5.08. The number of carbonyl (C=O) groups is 1. The third-order valence-electron chi connectivity index (χ3n) is 4.94. The van der Waals surface area contributed by atoms with Crippen LogP contribution in [0.15, 0.2) is 47.6 Å². The summed E-state index contributed by atoms with van der Waals surface area (Å²) in [6, 6.07) is 12.4. The average molecular weight is 470 g/mol. The highest BCUT2D eigenvalue weighted by atomic mass is 32.2. The van der Waals surface area contributed by atoms with E-state index in [0.717, 1.165) is 28.8 Å². The Morgan fingerprint density at radius 1 is 1.28 bits per heavy atom. The maximum Gasteiger partial charge on any atom is 0.236 e. The lowest BCUT2D eigenvalue weighted by Gasteiger charge is -2.09. The van der Waals surface area contributed by atoms with Crippen molar-refractivity contribution in [3.8, 4) is 17.1 Å². The SMILES string of the molecule is CCOc1ccc2nc(NC(=O)CSc3nnc(-c4ccccc4F)n3C3CC3)sc2c1. The normalized spacial score (nSPS) is 13.4. The Morgan fingerprint density at radius 2 is 2.12 bits per heavy atom. The summed E-state index contributed by atoms with van der Waals surface area (Å²) in [4.78, 5) is 17.0. The van der Waals surface area contributed by atoms with E-state index in [4.69, 9.17) is 4.74 Å². The predicted octanol–water partition coefficient (Wildman–Crippen LogP) is 5.16. The lowest BCUT2D eigenvalue weighted by molar-refractivity contribution is -0.113. The number of benzene rings is 2. The third-order valence-corrected chi connectivity index (χ3v) is 6.82. The van der Waals surface area contributed by atoms with Crippen LogP contribution in [-0.2, 0) is 4.79 Å². The smallest absolute Gasteiger partial charge is 0.236 e. The molecule has 7 nitrogen and oxygen atoms in total. The zero-order valence-corrected chi connectivity index (χ0v) is 18.9. The van der Waals surface area contributed by atoms with Crippen molar-refractivity contribution in [2.75, 3.05) is 17.7 Å². The van der Waals surface area contributed by atoms with Crippen LogP contribution >= 0.6 is 23.1 Å². The highest BCUT2D eigenvalue weighted by molar-refractivity contribution is 7.99. The van der Waals surface area contributed by atoms with Gasteiger partial charge in [0.2, 0.25) is 5.91 Å². The number of hydrogen-bond donors (Lipinski definition) is 1. The van der Waals surface area contributed by atoms with E-state index in [0.29, 0.717) is 28.3 Å². The van der Waals surface area contributed by atoms with Gasteiger partial charge in [0, 0.05) is 6.04 Å². The van der Waals surface area contributed by atoms with Crippen LogP contribution in [0.3, 0.4) is 0 Å². The van der Waals surface area contributed by atoms with Gasteiger partial charge in [-0.15, -0.1) is 10.2 Å². The van der Waals surface area contributed by atoms with Gasteiger partial charge in [0.05, 0.1) is 28.1 Å². The van der Waals surface area contributed by atoms with E-state index in [2.05, 4.69) is 20.5 Å². The molecular weight excluding hydrogens is 449 g/mol. The van der Waals surface area contributed by atoms with Crippen molar-refractivity contribution in [2.24, 2.45) is 0 Å². The molecule has 0 spiro atoms. The molecule has 5 rings (SSSR count). The second-order valence-electron chi connectivity index (χ2n) is 7.31. The number of thiazole rings is 1. The van der Waals surface area contributed by atoms with Gasteiger partial charge < -0.3 is 10.1 Å². The molecule has 2 heterocycles. The summed E-state index contributed by atoms with van der Waals surface area (Å²) in [5.41, 5.74) is 1.23. The first-order valence-electron chi connectivity index (χ1n) is 10.3. The Morgan fingerprint density at radius 3 is 2.91 bits per heavy atom. The molecule has 4 aromatic rings. The van der Waals surface area contributed by atoms with E-state index in [9.17, 15) is 9.18 Å². The Balaban J connectivity index is 1.28. The van der Waals surface area contributed by atoms with Gasteiger partial charge in [-0.25, -0.2) is 9.37 Å². The zero-order valence-electron chi connectivity index (χ0n) is 17.2. The molecule has 1 amide bonds. The highest BCUT2D eigenvalue weighted by Gasteiger charge is 2.31. The summed E-state index contributed by atoms with van der Waals surface area (Å²) in [5, 5.41) is 12.5. The Hall–Kier alpha value is -2.98. The molecule has 32 heavy (non-hydrogen) atoms. The van der Waals surface area contributed by atoms with Crippen LogP contribution < -0.4 is 10.1 Å². The van der Waals surface area contributed by atoms with Crippen molar-refractivity contribution < 1.29 is 13.9 Å². The molecule has 0 saturated heterocycles. The van der Waals surface area contributed by atoms with E-state index in [-0.39, 0.29) is 23.5 Å². The standard InChI is InChI=1S/C22H20FN5O2S2/c1-2-30-14-9-10-17-18(11-14)32-21(24-17)25-19(29)12-31-22-27-26-20(28(22)13-7-8-13)15-5-3-4-6-16(15)23/h3-6,9-11,13H,2,7-8,12H2,1H3,(H,24,25,29). The maximum atomic E-state index is 14.3. The molecule has 0 bridgehead atoms. The summed E-state index contributed by atoms with van der Waals surface area (Å²) in [6.45, 7) is 2.53. The predicted molar refractivity (Wildman–Crippen MR) is 124 cm³/mol. The van der Waals surface area contributed by atoms with E-state index in [1.165, 1.54) is 29.2 Å². The Bertz CT molecular complexity index is 1280. The van der Waals surface area contributed by atoms with Crippen molar-refractivity contribution in [3.05, 3.63) is 48.3 Å². The molecule has 1 aliphatic carbocycles. The largest absolute Gasteiger partial charge is 0.494 e. The molecule has 0 unspecified atom stereocenters. The van der Waals surface area contributed by atoms with Crippen molar-refractivity contribution in [1.29, 1.82) is 0 Å². The van der Waals surface area contributed by atoms with Crippen molar-refractivity contribution in [3.63, 3.8) is 0 Å². The molecule has 10 heteroatoms. The van der Waals surface area contributed by atoms with Crippen LogP contribution in [0.4, 0.5) is 9.52 Å². The minimum absolute atomic E-state index is 0.155. The minimum Gasteiger partial charge on any atom is -0.494 e. The van der Waals surface area contributed by atoms with E-state index >= 15 is 0 Å².